The molecule has 156 valence electrons. The normalized spacial score (nSPS) is 17.5. The number of rotatable bonds is 6. The minimum absolute atomic E-state index is 0.0361. The van der Waals surface area contributed by atoms with Crippen LogP contribution in [0.5, 0.6) is 5.75 Å². The number of nitrogens with one attached hydrogen (secondary N) is 2. The Hall–Kier alpha value is -2.68. The molecular weight excluding hydrogens is 390 g/mol. The number of amides is 3. The van der Waals surface area contributed by atoms with Crippen LogP contribution in [0.15, 0.2) is 24.3 Å². The predicted molar refractivity (Wildman–Crippen MR) is 113 cm³/mol. The lowest BCUT2D eigenvalue weighted by Crippen LogP contribution is -2.47. The van der Waals surface area contributed by atoms with E-state index in [-0.39, 0.29) is 23.9 Å². The van der Waals surface area contributed by atoms with Crippen LogP contribution < -0.4 is 15.4 Å². The highest BCUT2D eigenvalue weighted by Crippen LogP contribution is 2.29. The predicted octanol–water partition coefficient (Wildman–Crippen LogP) is 3.49. The summed E-state index contributed by atoms with van der Waals surface area (Å²) in [6.07, 6.45) is 2.74. The van der Waals surface area contributed by atoms with Crippen LogP contribution in [0.2, 0.25) is 0 Å². The van der Waals surface area contributed by atoms with Gasteiger partial charge in [0.25, 0.3) is 5.91 Å². The Balaban J connectivity index is 1.60. The maximum absolute atomic E-state index is 12.5. The van der Waals surface area contributed by atoms with Crippen LogP contribution in [0.25, 0.3) is 0 Å². The van der Waals surface area contributed by atoms with E-state index in [1.54, 1.807) is 31.4 Å². The second kappa shape index (κ2) is 9.69. The van der Waals surface area contributed by atoms with Gasteiger partial charge in [0, 0.05) is 30.7 Å². The molecule has 0 bridgehead atoms. The highest BCUT2D eigenvalue weighted by Gasteiger charge is 2.28. The molecule has 2 atom stereocenters. The van der Waals surface area contributed by atoms with E-state index in [4.69, 9.17) is 4.74 Å². The van der Waals surface area contributed by atoms with E-state index in [2.05, 4.69) is 20.8 Å². The average Bonchev–Trinajstić information content (AvgIpc) is 3.25. The van der Waals surface area contributed by atoms with E-state index in [0.717, 1.165) is 36.6 Å². The summed E-state index contributed by atoms with van der Waals surface area (Å²) in [6, 6.07) is 7.22. The number of ether oxygens (including phenoxy) is 1. The Bertz CT molecular complexity index is 839. The summed E-state index contributed by atoms with van der Waals surface area (Å²) in [6.45, 7) is 5.38. The molecule has 29 heavy (non-hydrogen) atoms. The molecule has 9 heteroatoms. The van der Waals surface area contributed by atoms with Gasteiger partial charge in [-0.2, -0.15) is 0 Å². The van der Waals surface area contributed by atoms with Gasteiger partial charge in [-0.1, -0.05) is 18.3 Å². The van der Waals surface area contributed by atoms with Crippen molar-refractivity contribution in [3.05, 3.63) is 34.3 Å². The molecule has 1 fully saturated rings. The van der Waals surface area contributed by atoms with Crippen molar-refractivity contribution in [1.82, 2.24) is 20.4 Å². The molecule has 2 N–H and O–H groups in total. The minimum atomic E-state index is -0.291. The SMILES string of the molecule is CCC(C)NC(=O)N1CCCC(c2nnc(C(=O)Nc3ccc(OC)cc3)s2)C1. The van der Waals surface area contributed by atoms with Crippen molar-refractivity contribution in [2.75, 3.05) is 25.5 Å². The van der Waals surface area contributed by atoms with Crippen LogP contribution in [0.3, 0.4) is 0 Å². The molecule has 8 nitrogen and oxygen atoms in total. The van der Waals surface area contributed by atoms with Gasteiger partial charge >= 0.3 is 6.03 Å². The highest BCUT2D eigenvalue weighted by molar-refractivity contribution is 7.13. The van der Waals surface area contributed by atoms with E-state index in [0.29, 0.717) is 17.2 Å². The number of likely N-dealkylation sites (tertiary alicyclic amines) is 1. The molecule has 0 saturated carbocycles. The lowest BCUT2D eigenvalue weighted by Gasteiger charge is -2.32. The quantitative estimate of drug-likeness (QED) is 0.750. The molecule has 0 aliphatic carbocycles. The summed E-state index contributed by atoms with van der Waals surface area (Å²) >= 11 is 1.29. The van der Waals surface area contributed by atoms with Crippen LogP contribution in [-0.2, 0) is 0 Å². The molecular formula is C20H27N5O3S. The summed E-state index contributed by atoms with van der Waals surface area (Å²) in [5.41, 5.74) is 0.665. The number of aromatic nitrogens is 2. The fourth-order valence-corrected chi connectivity index (χ4v) is 3.98. The van der Waals surface area contributed by atoms with Crippen molar-refractivity contribution in [3.63, 3.8) is 0 Å². The van der Waals surface area contributed by atoms with Crippen LogP contribution >= 0.6 is 11.3 Å². The van der Waals surface area contributed by atoms with Crippen LogP contribution in [0.1, 0.15) is 53.8 Å². The average molecular weight is 418 g/mol. The van der Waals surface area contributed by atoms with Gasteiger partial charge in [-0.05, 0) is 50.5 Å². The first kappa shape index (κ1) is 21.0. The van der Waals surface area contributed by atoms with Gasteiger partial charge in [0.15, 0.2) is 0 Å². The number of nitrogens with zero attached hydrogens (tertiary/aromatic N) is 3. The van der Waals surface area contributed by atoms with Crippen LogP contribution in [0, 0.1) is 0 Å². The zero-order valence-electron chi connectivity index (χ0n) is 17.0. The Morgan fingerprint density at radius 2 is 2.07 bits per heavy atom. The molecule has 0 radical (unpaired) electrons. The number of benzene rings is 1. The second-order valence-corrected chi connectivity index (χ2v) is 8.18. The monoisotopic (exact) mass is 417 g/mol. The Kier molecular flexibility index (Phi) is 7.03. The molecule has 0 spiro atoms. The van der Waals surface area contributed by atoms with E-state index >= 15 is 0 Å². The van der Waals surface area contributed by atoms with Gasteiger partial charge in [0.2, 0.25) is 5.01 Å². The Morgan fingerprint density at radius 3 is 2.76 bits per heavy atom. The molecule has 2 heterocycles. The number of piperidine rings is 1. The number of carbonyl (C=O) groups excluding carboxylic acids is 2. The fourth-order valence-electron chi connectivity index (χ4n) is 3.12. The largest absolute Gasteiger partial charge is 0.497 e. The zero-order chi connectivity index (χ0) is 20.8. The molecule has 2 unspecified atom stereocenters. The maximum Gasteiger partial charge on any atom is 0.317 e. The van der Waals surface area contributed by atoms with Gasteiger partial charge in [0.1, 0.15) is 10.8 Å². The van der Waals surface area contributed by atoms with Gasteiger partial charge < -0.3 is 20.3 Å². The topological polar surface area (TPSA) is 96.5 Å². The maximum atomic E-state index is 12.5. The van der Waals surface area contributed by atoms with Gasteiger partial charge in [-0.3, -0.25) is 4.79 Å². The second-order valence-electron chi connectivity index (χ2n) is 7.17. The first-order valence-corrected chi connectivity index (χ1v) is 10.7. The van der Waals surface area contributed by atoms with E-state index in [1.165, 1.54) is 11.3 Å². The minimum Gasteiger partial charge on any atom is -0.497 e. The van der Waals surface area contributed by atoms with Crippen molar-refractivity contribution in [2.24, 2.45) is 0 Å². The summed E-state index contributed by atoms with van der Waals surface area (Å²) in [5.74, 6) is 0.535. The Labute approximate surface area is 174 Å². The first-order valence-electron chi connectivity index (χ1n) is 9.84. The summed E-state index contributed by atoms with van der Waals surface area (Å²) in [7, 11) is 1.59. The smallest absolute Gasteiger partial charge is 0.317 e. The lowest BCUT2D eigenvalue weighted by atomic mass is 9.99. The van der Waals surface area contributed by atoms with E-state index in [9.17, 15) is 9.59 Å². The third-order valence-electron chi connectivity index (χ3n) is 5.02. The zero-order valence-corrected chi connectivity index (χ0v) is 17.8. The number of urea groups is 1. The highest BCUT2D eigenvalue weighted by atomic mass is 32.1. The molecule has 1 aromatic carbocycles. The summed E-state index contributed by atoms with van der Waals surface area (Å²) in [5, 5.41) is 15.2. The number of carbonyl (C=O) groups is 2. The van der Waals surface area contributed by atoms with E-state index in [1.807, 2.05) is 18.7 Å². The Morgan fingerprint density at radius 1 is 1.31 bits per heavy atom. The summed E-state index contributed by atoms with van der Waals surface area (Å²) < 4.78 is 5.12. The lowest BCUT2D eigenvalue weighted by molar-refractivity contribution is 0.102. The van der Waals surface area contributed by atoms with Crippen molar-refractivity contribution in [2.45, 2.75) is 45.1 Å². The van der Waals surface area contributed by atoms with Crippen molar-refractivity contribution in [3.8, 4) is 5.75 Å². The third kappa shape index (κ3) is 5.44. The van der Waals surface area contributed by atoms with Gasteiger partial charge in [-0.15, -0.1) is 10.2 Å². The van der Waals surface area contributed by atoms with Crippen molar-refractivity contribution in [1.29, 1.82) is 0 Å². The molecule has 1 saturated heterocycles. The molecule has 1 aliphatic rings. The van der Waals surface area contributed by atoms with Gasteiger partial charge in [-0.25, -0.2) is 4.79 Å². The van der Waals surface area contributed by atoms with Crippen LogP contribution in [-0.4, -0.2) is 53.3 Å². The molecule has 3 rings (SSSR count). The fraction of sp³-hybridized carbons (Fsp3) is 0.500. The number of anilines is 1. The third-order valence-corrected chi connectivity index (χ3v) is 6.11. The number of methoxy groups -OCH3 is 1. The van der Waals surface area contributed by atoms with Gasteiger partial charge in [0.05, 0.1) is 7.11 Å². The number of hydrogen-bond acceptors (Lipinski definition) is 6. The standard InChI is InChI=1S/C20H27N5O3S/c1-4-13(2)21-20(27)25-11-5-6-14(12-25)18-23-24-19(29-18)17(26)22-15-7-9-16(28-3)10-8-15/h7-10,13-14H,4-6,11-12H2,1-3H3,(H,21,27)(H,22,26). The molecule has 2 aromatic rings. The molecule has 1 aromatic heterocycles. The van der Waals surface area contributed by atoms with Crippen molar-refractivity contribution >= 4 is 29.0 Å². The first-order chi connectivity index (χ1) is 14.0. The number of hydrogen-bond donors (Lipinski definition) is 2. The molecule has 1 aliphatic heterocycles. The molecule has 3 amide bonds. The summed E-state index contributed by atoms with van der Waals surface area (Å²) in [4.78, 5) is 26.7. The van der Waals surface area contributed by atoms with E-state index < -0.39 is 0 Å². The van der Waals surface area contributed by atoms with Crippen LogP contribution in [0.4, 0.5) is 10.5 Å². The van der Waals surface area contributed by atoms with Crippen molar-refractivity contribution < 1.29 is 14.3 Å².